The van der Waals surface area contributed by atoms with Crippen LogP contribution in [0.4, 0.5) is 0 Å². The Morgan fingerprint density at radius 1 is 1.23 bits per heavy atom. The first-order valence-corrected chi connectivity index (χ1v) is 9.04. The third kappa shape index (κ3) is 2.62. The number of amides is 1. The van der Waals surface area contributed by atoms with Crippen molar-refractivity contribution in [3.63, 3.8) is 0 Å². The lowest BCUT2D eigenvalue weighted by Gasteiger charge is -2.33. The van der Waals surface area contributed by atoms with E-state index < -0.39 is 12.0 Å². The number of benzene rings is 1. The number of aliphatic carboxylic acids is 1. The quantitative estimate of drug-likeness (QED) is 0.869. The molecule has 2 fully saturated rings. The summed E-state index contributed by atoms with van der Waals surface area (Å²) < 4.78 is 0. The van der Waals surface area contributed by atoms with E-state index in [0.29, 0.717) is 17.9 Å². The first-order valence-electron chi connectivity index (χ1n) is 7.82. The normalized spacial score (nSPS) is 27.5. The Kier molecular flexibility index (Phi) is 4.43. The maximum atomic E-state index is 13.0. The first kappa shape index (κ1) is 15.4. The Hall–Kier alpha value is -1.49. The minimum Gasteiger partial charge on any atom is -0.480 e. The van der Waals surface area contributed by atoms with Crippen molar-refractivity contribution in [2.75, 3.05) is 6.26 Å². The number of likely N-dealkylation sites (tertiary alicyclic amines) is 1. The highest BCUT2D eigenvalue weighted by molar-refractivity contribution is 7.98. The van der Waals surface area contributed by atoms with Crippen molar-refractivity contribution in [3.8, 4) is 0 Å². The van der Waals surface area contributed by atoms with E-state index >= 15 is 0 Å². The van der Waals surface area contributed by atoms with Crippen LogP contribution in [0, 0.1) is 5.92 Å². The third-order valence-electron chi connectivity index (χ3n) is 4.94. The zero-order chi connectivity index (χ0) is 15.7. The highest BCUT2D eigenvalue weighted by Crippen LogP contribution is 2.41. The molecule has 118 valence electrons. The molecule has 1 aromatic carbocycles. The van der Waals surface area contributed by atoms with Crippen LogP contribution in [0.1, 0.15) is 42.5 Å². The minimum absolute atomic E-state index is 0.0947. The fourth-order valence-electron chi connectivity index (χ4n) is 3.93. The largest absolute Gasteiger partial charge is 0.480 e. The number of thioether (sulfide) groups is 1. The molecule has 1 amide bonds. The monoisotopic (exact) mass is 319 g/mol. The lowest BCUT2D eigenvalue weighted by atomic mass is 9.84. The van der Waals surface area contributed by atoms with Gasteiger partial charge in [0, 0.05) is 10.9 Å². The number of hydrogen-bond donors (Lipinski definition) is 1. The Balaban J connectivity index is 1.95. The second kappa shape index (κ2) is 6.32. The number of hydrogen-bond acceptors (Lipinski definition) is 3. The summed E-state index contributed by atoms with van der Waals surface area (Å²) >= 11 is 1.53. The topological polar surface area (TPSA) is 57.6 Å². The Morgan fingerprint density at radius 2 is 1.95 bits per heavy atom. The van der Waals surface area contributed by atoms with Gasteiger partial charge in [0.15, 0.2) is 0 Å². The molecule has 0 bridgehead atoms. The van der Waals surface area contributed by atoms with Crippen molar-refractivity contribution < 1.29 is 14.7 Å². The van der Waals surface area contributed by atoms with Gasteiger partial charge in [-0.1, -0.05) is 25.0 Å². The molecule has 1 saturated heterocycles. The predicted octanol–water partition coefficient (Wildman–Crippen LogP) is 3.27. The Morgan fingerprint density at radius 3 is 2.68 bits per heavy atom. The molecule has 3 atom stereocenters. The van der Waals surface area contributed by atoms with Crippen molar-refractivity contribution in [2.45, 2.75) is 49.1 Å². The molecule has 1 aromatic rings. The lowest BCUT2D eigenvalue weighted by molar-refractivity contribution is -0.141. The van der Waals surface area contributed by atoms with Crippen LogP contribution in [0.5, 0.6) is 0 Å². The van der Waals surface area contributed by atoms with Crippen LogP contribution in [0.3, 0.4) is 0 Å². The highest BCUT2D eigenvalue weighted by Gasteiger charge is 2.47. The van der Waals surface area contributed by atoms with E-state index in [1.807, 2.05) is 30.5 Å². The van der Waals surface area contributed by atoms with E-state index in [9.17, 15) is 14.7 Å². The number of nitrogens with zero attached hydrogens (tertiary/aromatic N) is 1. The SMILES string of the molecule is CSc1ccccc1C(=O)N1C(C(=O)O)CC2CCCCC21. The van der Waals surface area contributed by atoms with Gasteiger partial charge in [0.1, 0.15) is 6.04 Å². The van der Waals surface area contributed by atoms with Gasteiger partial charge in [-0.25, -0.2) is 4.79 Å². The zero-order valence-corrected chi connectivity index (χ0v) is 13.5. The van der Waals surface area contributed by atoms with Crippen LogP contribution in [0.2, 0.25) is 0 Å². The van der Waals surface area contributed by atoms with E-state index in [-0.39, 0.29) is 11.9 Å². The van der Waals surface area contributed by atoms with E-state index in [1.54, 1.807) is 4.90 Å². The van der Waals surface area contributed by atoms with E-state index in [2.05, 4.69) is 0 Å². The zero-order valence-electron chi connectivity index (χ0n) is 12.7. The summed E-state index contributed by atoms with van der Waals surface area (Å²) in [4.78, 5) is 27.3. The van der Waals surface area contributed by atoms with Crippen molar-refractivity contribution in [2.24, 2.45) is 5.92 Å². The van der Waals surface area contributed by atoms with Crippen molar-refractivity contribution >= 4 is 23.6 Å². The van der Waals surface area contributed by atoms with Gasteiger partial charge >= 0.3 is 5.97 Å². The molecule has 22 heavy (non-hydrogen) atoms. The molecule has 3 rings (SSSR count). The maximum absolute atomic E-state index is 13.0. The average Bonchev–Trinajstić information content (AvgIpc) is 2.94. The molecule has 1 aliphatic carbocycles. The van der Waals surface area contributed by atoms with Gasteiger partial charge in [0.25, 0.3) is 5.91 Å². The number of carbonyl (C=O) groups is 2. The fourth-order valence-corrected chi connectivity index (χ4v) is 4.52. The summed E-state index contributed by atoms with van der Waals surface area (Å²) in [6, 6.07) is 6.90. The van der Waals surface area contributed by atoms with Gasteiger partial charge in [-0.05, 0) is 43.6 Å². The van der Waals surface area contributed by atoms with Gasteiger partial charge < -0.3 is 10.0 Å². The molecule has 4 nitrogen and oxygen atoms in total. The number of carboxylic acids is 1. The second-order valence-corrected chi connectivity index (χ2v) is 6.96. The van der Waals surface area contributed by atoms with Crippen molar-refractivity contribution in [1.29, 1.82) is 0 Å². The summed E-state index contributed by atoms with van der Waals surface area (Å²) in [6.07, 6.45) is 6.75. The number of fused-ring (bicyclic) bond motifs is 1. The predicted molar refractivity (Wildman–Crippen MR) is 86.2 cm³/mol. The lowest BCUT2D eigenvalue weighted by Crippen LogP contribution is -2.46. The van der Waals surface area contributed by atoms with E-state index in [1.165, 1.54) is 11.8 Å². The summed E-state index contributed by atoms with van der Waals surface area (Å²) in [5, 5.41) is 9.55. The average molecular weight is 319 g/mol. The summed E-state index contributed by atoms with van der Waals surface area (Å²) in [5.74, 6) is -0.642. The first-order chi connectivity index (χ1) is 10.6. The molecule has 5 heteroatoms. The molecule has 1 heterocycles. The molecule has 0 aromatic heterocycles. The molecular formula is C17H21NO3S. The van der Waals surface area contributed by atoms with Crippen molar-refractivity contribution in [3.05, 3.63) is 29.8 Å². The summed E-state index contributed by atoms with van der Waals surface area (Å²) in [6.45, 7) is 0. The molecule has 0 radical (unpaired) electrons. The minimum atomic E-state index is -0.871. The van der Waals surface area contributed by atoms with Crippen LogP contribution < -0.4 is 0 Å². The van der Waals surface area contributed by atoms with Crippen LogP contribution in [-0.4, -0.2) is 40.2 Å². The molecular weight excluding hydrogens is 298 g/mol. The Labute approximate surface area is 134 Å². The maximum Gasteiger partial charge on any atom is 0.326 e. The summed E-state index contributed by atoms with van der Waals surface area (Å²) in [7, 11) is 0. The number of carbonyl (C=O) groups excluding carboxylic acids is 1. The van der Waals surface area contributed by atoms with Gasteiger partial charge in [0.05, 0.1) is 5.56 Å². The van der Waals surface area contributed by atoms with E-state index in [4.69, 9.17) is 0 Å². The fraction of sp³-hybridized carbons (Fsp3) is 0.529. The van der Waals surface area contributed by atoms with Gasteiger partial charge in [0.2, 0.25) is 0 Å². The standard InChI is InChI=1S/C17H21NO3S/c1-22-15-9-5-3-7-12(15)16(19)18-13-8-4-2-6-11(13)10-14(18)17(20)21/h3,5,7,9,11,13-14H,2,4,6,8,10H2,1H3,(H,20,21). The van der Waals surface area contributed by atoms with Crippen LogP contribution in [0.25, 0.3) is 0 Å². The van der Waals surface area contributed by atoms with Gasteiger partial charge in [-0.15, -0.1) is 11.8 Å². The van der Waals surface area contributed by atoms with Crippen LogP contribution in [0.15, 0.2) is 29.2 Å². The molecule has 1 saturated carbocycles. The molecule has 0 spiro atoms. The van der Waals surface area contributed by atoms with Crippen LogP contribution >= 0.6 is 11.8 Å². The molecule has 2 aliphatic rings. The number of carboxylic acid groups (broad SMARTS) is 1. The second-order valence-electron chi connectivity index (χ2n) is 6.11. The van der Waals surface area contributed by atoms with Crippen LogP contribution in [-0.2, 0) is 4.79 Å². The van der Waals surface area contributed by atoms with Crippen molar-refractivity contribution in [1.82, 2.24) is 4.90 Å². The molecule has 3 unspecified atom stereocenters. The highest BCUT2D eigenvalue weighted by atomic mass is 32.2. The smallest absolute Gasteiger partial charge is 0.326 e. The Bertz CT molecular complexity index is 589. The molecule has 1 aliphatic heterocycles. The van der Waals surface area contributed by atoms with E-state index in [0.717, 1.165) is 30.6 Å². The molecule has 1 N–H and O–H groups in total. The van der Waals surface area contributed by atoms with Gasteiger partial charge in [-0.3, -0.25) is 4.79 Å². The van der Waals surface area contributed by atoms with Gasteiger partial charge in [-0.2, -0.15) is 0 Å². The third-order valence-corrected chi connectivity index (χ3v) is 5.74. The number of rotatable bonds is 3. The summed E-state index contributed by atoms with van der Waals surface area (Å²) in [5.41, 5.74) is 0.632.